The molecule has 0 amide bonds. The normalized spacial score (nSPS) is 11.5. The molecule has 0 aliphatic heterocycles. The van der Waals surface area contributed by atoms with Gasteiger partial charge in [0.05, 0.1) is 6.61 Å². The van der Waals surface area contributed by atoms with E-state index in [-0.39, 0.29) is 11.4 Å². The van der Waals surface area contributed by atoms with E-state index in [2.05, 4.69) is 5.32 Å². The van der Waals surface area contributed by atoms with Crippen LogP contribution in [0.5, 0.6) is 5.75 Å². The lowest BCUT2D eigenvalue weighted by molar-refractivity contribution is 0.320. The summed E-state index contributed by atoms with van der Waals surface area (Å²) in [5.74, 6) is 0.00540. The summed E-state index contributed by atoms with van der Waals surface area (Å²) in [7, 11) is 1.86. The van der Waals surface area contributed by atoms with E-state index in [1.807, 2.05) is 33.9 Å². The Balaban J connectivity index is 3.01. The minimum Gasteiger partial charge on any atom is -0.491 e. The first kappa shape index (κ1) is 12.0. The van der Waals surface area contributed by atoms with Crippen molar-refractivity contribution in [2.24, 2.45) is 0 Å². The van der Waals surface area contributed by atoms with Gasteiger partial charge < -0.3 is 10.1 Å². The molecule has 15 heavy (non-hydrogen) atoms. The van der Waals surface area contributed by atoms with Crippen LogP contribution in [-0.2, 0) is 5.54 Å². The van der Waals surface area contributed by atoms with Crippen molar-refractivity contribution in [3.63, 3.8) is 0 Å². The Labute approximate surface area is 90.4 Å². The SMILES string of the molecule is CCOc1ccc(C(C)(C)NC)cc1F. The van der Waals surface area contributed by atoms with Crippen LogP contribution in [0.2, 0.25) is 0 Å². The summed E-state index contributed by atoms with van der Waals surface area (Å²) in [6.45, 7) is 6.32. The average Bonchev–Trinajstić information content (AvgIpc) is 2.21. The van der Waals surface area contributed by atoms with Crippen LogP contribution in [0.25, 0.3) is 0 Å². The van der Waals surface area contributed by atoms with Crippen LogP contribution in [0.3, 0.4) is 0 Å². The van der Waals surface area contributed by atoms with Crippen LogP contribution in [-0.4, -0.2) is 13.7 Å². The molecule has 0 spiro atoms. The van der Waals surface area contributed by atoms with E-state index in [1.165, 1.54) is 6.07 Å². The lowest BCUT2D eigenvalue weighted by Gasteiger charge is -2.25. The standard InChI is InChI=1S/C12H18FNO/c1-5-15-11-7-6-9(8-10(11)13)12(2,3)14-4/h6-8,14H,5H2,1-4H3. The van der Waals surface area contributed by atoms with Crippen molar-refractivity contribution in [1.29, 1.82) is 0 Å². The minimum absolute atomic E-state index is 0.231. The van der Waals surface area contributed by atoms with Gasteiger partial charge in [0.25, 0.3) is 0 Å². The third-order valence-corrected chi connectivity index (χ3v) is 2.58. The molecule has 3 heteroatoms. The van der Waals surface area contributed by atoms with E-state index >= 15 is 0 Å². The Kier molecular flexibility index (Phi) is 3.69. The maximum atomic E-state index is 13.6. The molecule has 0 bridgehead atoms. The second-order valence-electron chi connectivity index (χ2n) is 3.95. The molecule has 1 aromatic carbocycles. The molecule has 84 valence electrons. The van der Waals surface area contributed by atoms with Gasteiger partial charge in [-0.25, -0.2) is 4.39 Å². The smallest absolute Gasteiger partial charge is 0.165 e. The second kappa shape index (κ2) is 4.62. The van der Waals surface area contributed by atoms with Gasteiger partial charge in [-0.1, -0.05) is 6.07 Å². The number of halogens is 1. The van der Waals surface area contributed by atoms with Crippen molar-refractivity contribution in [2.45, 2.75) is 26.3 Å². The van der Waals surface area contributed by atoms with Crippen LogP contribution in [0.1, 0.15) is 26.3 Å². The predicted octanol–water partition coefficient (Wildman–Crippen LogP) is 2.68. The summed E-state index contributed by atoms with van der Waals surface area (Å²) in [6, 6.07) is 5.07. The zero-order valence-electron chi connectivity index (χ0n) is 9.73. The predicted molar refractivity (Wildman–Crippen MR) is 59.7 cm³/mol. The van der Waals surface area contributed by atoms with Gasteiger partial charge in [-0.15, -0.1) is 0 Å². The van der Waals surface area contributed by atoms with E-state index in [0.717, 1.165) is 5.56 Å². The largest absolute Gasteiger partial charge is 0.491 e. The summed E-state index contributed by atoms with van der Waals surface area (Å²) < 4.78 is 18.7. The van der Waals surface area contributed by atoms with Crippen molar-refractivity contribution in [3.8, 4) is 5.75 Å². The molecule has 0 saturated heterocycles. The van der Waals surface area contributed by atoms with Gasteiger partial charge in [0.1, 0.15) is 0 Å². The molecular weight excluding hydrogens is 193 g/mol. The van der Waals surface area contributed by atoms with Crippen molar-refractivity contribution in [2.75, 3.05) is 13.7 Å². The molecule has 0 fully saturated rings. The Morgan fingerprint density at radius 2 is 2.07 bits per heavy atom. The Morgan fingerprint density at radius 1 is 1.40 bits per heavy atom. The van der Waals surface area contributed by atoms with Gasteiger partial charge in [-0.2, -0.15) is 0 Å². The minimum atomic E-state index is -0.308. The first-order chi connectivity index (χ1) is 7.01. The van der Waals surface area contributed by atoms with Gasteiger partial charge in [-0.3, -0.25) is 0 Å². The van der Waals surface area contributed by atoms with E-state index in [0.29, 0.717) is 12.4 Å². The Hall–Kier alpha value is -1.09. The third kappa shape index (κ3) is 2.69. The van der Waals surface area contributed by atoms with E-state index < -0.39 is 0 Å². The summed E-state index contributed by atoms with van der Waals surface area (Å²) >= 11 is 0. The first-order valence-electron chi connectivity index (χ1n) is 5.13. The molecular formula is C12H18FNO. The van der Waals surface area contributed by atoms with Crippen LogP contribution in [0.15, 0.2) is 18.2 Å². The highest BCUT2D eigenvalue weighted by Crippen LogP contribution is 2.25. The lowest BCUT2D eigenvalue weighted by atomic mass is 9.94. The summed E-state index contributed by atoms with van der Waals surface area (Å²) in [5.41, 5.74) is 0.678. The third-order valence-electron chi connectivity index (χ3n) is 2.58. The molecule has 1 N–H and O–H groups in total. The van der Waals surface area contributed by atoms with Crippen LogP contribution >= 0.6 is 0 Å². The summed E-state index contributed by atoms with van der Waals surface area (Å²) in [4.78, 5) is 0. The van der Waals surface area contributed by atoms with Gasteiger partial charge in [0.2, 0.25) is 0 Å². The summed E-state index contributed by atoms with van der Waals surface area (Å²) in [5, 5.41) is 3.13. The Bertz CT molecular complexity index is 336. The maximum absolute atomic E-state index is 13.6. The first-order valence-corrected chi connectivity index (χ1v) is 5.13. The van der Waals surface area contributed by atoms with Gasteiger partial charge >= 0.3 is 0 Å². The maximum Gasteiger partial charge on any atom is 0.165 e. The van der Waals surface area contributed by atoms with Crippen LogP contribution in [0.4, 0.5) is 4.39 Å². The zero-order chi connectivity index (χ0) is 11.5. The van der Waals surface area contributed by atoms with Crippen molar-refractivity contribution in [3.05, 3.63) is 29.6 Å². The summed E-state index contributed by atoms with van der Waals surface area (Å²) in [6.07, 6.45) is 0. The molecule has 1 aromatic rings. The van der Waals surface area contributed by atoms with Crippen LogP contribution in [0, 0.1) is 5.82 Å². The van der Waals surface area contributed by atoms with E-state index in [9.17, 15) is 4.39 Å². The highest BCUT2D eigenvalue weighted by Gasteiger charge is 2.19. The monoisotopic (exact) mass is 211 g/mol. The van der Waals surface area contributed by atoms with Crippen molar-refractivity contribution in [1.82, 2.24) is 5.32 Å². The fraction of sp³-hybridized carbons (Fsp3) is 0.500. The van der Waals surface area contributed by atoms with E-state index in [4.69, 9.17) is 4.74 Å². The molecule has 0 aliphatic rings. The van der Waals surface area contributed by atoms with Crippen LogP contribution < -0.4 is 10.1 Å². The second-order valence-corrected chi connectivity index (χ2v) is 3.95. The fourth-order valence-corrected chi connectivity index (χ4v) is 1.31. The van der Waals surface area contributed by atoms with Gasteiger partial charge in [-0.05, 0) is 45.5 Å². The number of hydrogen-bond donors (Lipinski definition) is 1. The molecule has 0 saturated carbocycles. The average molecular weight is 211 g/mol. The number of benzene rings is 1. The number of ether oxygens (including phenoxy) is 1. The molecule has 0 unspecified atom stereocenters. The molecule has 0 aliphatic carbocycles. The molecule has 0 radical (unpaired) electrons. The quantitative estimate of drug-likeness (QED) is 0.826. The molecule has 1 rings (SSSR count). The molecule has 2 nitrogen and oxygen atoms in total. The zero-order valence-corrected chi connectivity index (χ0v) is 9.73. The highest BCUT2D eigenvalue weighted by molar-refractivity contribution is 5.32. The lowest BCUT2D eigenvalue weighted by Crippen LogP contribution is -2.33. The molecule has 0 heterocycles. The highest BCUT2D eigenvalue weighted by atomic mass is 19.1. The Morgan fingerprint density at radius 3 is 2.53 bits per heavy atom. The molecule has 0 aromatic heterocycles. The topological polar surface area (TPSA) is 21.3 Å². The van der Waals surface area contributed by atoms with E-state index in [1.54, 1.807) is 6.07 Å². The number of nitrogens with one attached hydrogen (secondary N) is 1. The fourth-order valence-electron chi connectivity index (χ4n) is 1.31. The molecule has 0 atom stereocenters. The van der Waals surface area contributed by atoms with Gasteiger partial charge in [0.15, 0.2) is 11.6 Å². The van der Waals surface area contributed by atoms with Crippen molar-refractivity contribution >= 4 is 0 Å². The van der Waals surface area contributed by atoms with Gasteiger partial charge in [0, 0.05) is 5.54 Å². The number of hydrogen-bond acceptors (Lipinski definition) is 2. The number of rotatable bonds is 4. The van der Waals surface area contributed by atoms with Crippen molar-refractivity contribution < 1.29 is 9.13 Å².